The molecule has 1 aromatic rings. The van der Waals surface area contributed by atoms with E-state index in [9.17, 15) is 18.0 Å². The van der Waals surface area contributed by atoms with Crippen molar-refractivity contribution in [2.24, 2.45) is 0 Å². The number of hydrogen-bond donors (Lipinski definition) is 3. The number of carboxylic acid groups (broad SMARTS) is 1. The Balaban J connectivity index is 2.65. The van der Waals surface area contributed by atoms with Crippen LogP contribution in [-0.4, -0.2) is 40.8 Å². The standard InChI is InChI=1S/C13H16F3NO3S/c14-13(15,16)11-3-2-9(8-10(11)12(19)20)17-4-7-21-6-1-5-18/h2-3,8,17-18H,1,4-7H2,(H,19,20). The molecule has 21 heavy (non-hydrogen) atoms. The van der Waals surface area contributed by atoms with Gasteiger partial charge in [-0.05, 0) is 30.4 Å². The minimum Gasteiger partial charge on any atom is -0.478 e. The van der Waals surface area contributed by atoms with E-state index < -0.39 is 23.3 Å². The monoisotopic (exact) mass is 323 g/mol. The fourth-order valence-electron chi connectivity index (χ4n) is 1.61. The molecule has 118 valence electrons. The van der Waals surface area contributed by atoms with E-state index >= 15 is 0 Å². The molecule has 3 N–H and O–H groups in total. The first kappa shape index (κ1) is 17.6. The molecule has 0 heterocycles. The summed E-state index contributed by atoms with van der Waals surface area (Å²) in [5.41, 5.74) is -1.58. The van der Waals surface area contributed by atoms with E-state index in [4.69, 9.17) is 10.2 Å². The zero-order valence-electron chi connectivity index (χ0n) is 11.1. The maximum atomic E-state index is 12.7. The Morgan fingerprint density at radius 2 is 2.00 bits per heavy atom. The molecule has 0 aliphatic carbocycles. The Hall–Kier alpha value is -1.41. The molecule has 0 unspecified atom stereocenters. The van der Waals surface area contributed by atoms with Crippen LogP contribution in [0.4, 0.5) is 18.9 Å². The van der Waals surface area contributed by atoms with Gasteiger partial charge in [-0.2, -0.15) is 24.9 Å². The molecule has 0 radical (unpaired) electrons. The summed E-state index contributed by atoms with van der Waals surface area (Å²) in [5, 5.41) is 20.3. The Kier molecular flexibility index (Phi) is 6.83. The van der Waals surface area contributed by atoms with Crippen LogP contribution < -0.4 is 5.32 Å². The van der Waals surface area contributed by atoms with Crippen molar-refractivity contribution in [3.05, 3.63) is 29.3 Å². The maximum absolute atomic E-state index is 12.7. The average molecular weight is 323 g/mol. The van der Waals surface area contributed by atoms with Crippen LogP contribution in [0.25, 0.3) is 0 Å². The predicted octanol–water partition coefficient (Wildman–Crippen LogP) is 2.93. The maximum Gasteiger partial charge on any atom is 0.417 e. The Bertz CT molecular complexity index is 480. The molecular weight excluding hydrogens is 307 g/mol. The second kappa shape index (κ2) is 8.14. The van der Waals surface area contributed by atoms with E-state index in [1.807, 2.05) is 0 Å². The van der Waals surface area contributed by atoms with Gasteiger partial charge in [0.25, 0.3) is 0 Å². The first-order valence-electron chi connectivity index (χ1n) is 6.23. The van der Waals surface area contributed by atoms with Gasteiger partial charge < -0.3 is 15.5 Å². The van der Waals surface area contributed by atoms with Gasteiger partial charge in [-0.25, -0.2) is 4.79 Å². The van der Waals surface area contributed by atoms with E-state index in [0.29, 0.717) is 24.4 Å². The van der Waals surface area contributed by atoms with Gasteiger partial charge in [0, 0.05) is 24.6 Å². The number of hydrogen-bond acceptors (Lipinski definition) is 4. The van der Waals surface area contributed by atoms with Crippen LogP contribution in [0, 0.1) is 0 Å². The number of thioether (sulfide) groups is 1. The van der Waals surface area contributed by atoms with E-state index in [1.165, 1.54) is 6.07 Å². The van der Waals surface area contributed by atoms with Crippen molar-refractivity contribution in [2.75, 3.05) is 30.0 Å². The molecule has 0 aliphatic rings. The van der Waals surface area contributed by atoms with Crippen LogP contribution in [0.15, 0.2) is 18.2 Å². The summed E-state index contributed by atoms with van der Waals surface area (Å²) in [6, 6.07) is 2.97. The minimum atomic E-state index is -4.69. The summed E-state index contributed by atoms with van der Waals surface area (Å²) in [7, 11) is 0. The Morgan fingerprint density at radius 1 is 1.29 bits per heavy atom. The van der Waals surface area contributed by atoms with Crippen molar-refractivity contribution < 1.29 is 28.2 Å². The van der Waals surface area contributed by atoms with E-state index in [1.54, 1.807) is 11.8 Å². The lowest BCUT2D eigenvalue weighted by molar-refractivity contribution is -0.138. The first-order valence-corrected chi connectivity index (χ1v) is 7.38. The Labute approximate surface area is 124 Å². The minimum absolute atomic E-state index is 0.126. The van der Waals surface area contributed by atoms with E-state index in [2.05, 4.69) is 5.32 Å². The van der Waals surface area contributed by atoms with Crippen molar-refractivity contribution >= 4 is 23.4 Å². The topological polar surface area (TPSA) is 69.6 Å². The Morgan fingerprint density at radius 3 is 2.57 bits per heavy atom. The number of aromatic carboxylic acids is 1. The number of aliphatic hydroxyl groups is 1. The van der Waals surface area contributed by atoms with Crippen LogP contribution in [0.1, 0.15) is 22.3 Å². The fourth-order valence-corrected chi connectivity index (χ4v) is 2.40. The molecule has 4 nitrogen and oxygen atoms in total. The molecule has 0 aliphatic heterocycles. The quantitative estimate of drug-likeness (QED) is 0.642. The number of benzene rings is 1. The molecule has 0 aromatic heterocycles. The van der Waals surface area contributed by atoms with E-state index in [0.717, 1.165) is 17.9 Å². The van der Waals surface area contributed by atoms with Crippen molar-refractivity contribution in [1.82, 2.24) is 0 Å². The van der Waals surface area contributed by atoms with Crippen molar-refractivity contribution in [3.63, 3.8) is 0 Å². The lowest BCUT2D eigenvalue weighted by Crippen LogP contribution is -2.14. The van der Waals surface area contributed by atoms with Gasteiger partial charge in [0.05, 0.1) is 11.1 Å². The highest BCUT2D eigenvalue weighted by Crippen LogP contribution is 2.33. The molecule has 1 aromatic carbocycles. The lowest BCUT2D eigenvalue weighted by atomic mass is 10.1. The first-order chi connectivity index (χ1) is 9.86. The van der Waals surface area contributed by atoms with Gasteiger partial charge in [0.2, 0.25) is 0 Å². The lowest BCUT2D eigenvalue weighted by Gasteiger charge is -2.13. The van der Waals surface area contributed by atoms with Gasteiger partial charge in [-0.15, -0.1) is 0 Å². The molecule has 0 saturated carbocycles. The molecule has 8 heteroatoms. The van der Waals surface area contributed by atoms with Gasteiger partial charge >= 0.3 is 12.1 Å². The van der Waals surface area contributed by atoms with Crippen LogP contribution in [-0.2, 0) is 6.18 Å². The molecule has 0 saturated heterocycles. The highest BCUT2D eigenvalue weighted by atomic mass is 32.2. The third-order valence-corrected chi connectivity index (χ3v) is 3.65. The smallest absolute Gasteiger partial charge is 0.417 e. The molecule has 0 amide bonds. The third-order valence-electron chi connectivity index (χ3n) is 2.58. The zero-order valence-corrected chi connectivity index (χ0v) is 11.9. The van der Waals surface area contributed by atoms with E-state index in [-0.39, 0.29) is 6.61 Å². The van der Waals surface area contributed by atoms with Crippen LogP contribution in [0.2, 0.25) is 0 Å². The number of anilines is 1. The summed E-state index contributed by atoms with van der Waals surface area (Å²) in [4.78, 5) is 10.9. The second-order valence-electron chi connectivity index (χ2n) is 4.18. The second-order valence-corrected chi connectivity index (χ2v) is 5.40. The van der Waals surface area contributed by atoms with Crippen molar-refractivity contribution in [2.45, 2.75) is 12.6 Å². The zero-order chi connectivity index (χ0) is 15.9. The fraction of sp³-hybridized carbons (Fsp3) is 0.462. The molecular formula is C13H16F3NO3S. The van der Waals surface area contributed by atoms with Gasteiger partial charge in [0.15, 0.2) is 0 Å². The van der Waals surface area contributed by atoms with Gasteiger partial charge in [-0.3, -0.25) is 0 Å². The van der Waals surface area contributed by atoms with Gasteiger partial charge in [0.1, 0.15) is 0 Å². The highest BCUT2D eigenvalue weighted by molar-refractivity contribution is 7.99. The summed E-state index contributed by atoms with van der Waals surface area (Å²) in [6.45, 7) is 0.627. The number of aliphatic hydroxyl groups excluding tert-OH is 1. The average Bonchev–Trinajstić information content (AvgIpc) is 2.41. The van der Waals surface area contributed by atoms with Crippen LogP contribution in [0.5, 0.6) is 0 Å². The molecule has 0 bridgehead atoms. The third kappa shape index (κ3) is 5.84. The molecule has 1 rings (SSSR count). The van der Waals surface area contributed by atoms with Gasteiger partial charge in [-0.1, -0.05) is 0 Å². The summed E-state index contributed by atoms with van der Waals surface area (Å²) in [6.07, 6.45) is -4.00. The largest absolute Gasteiger partial charge is 0.478 e. The normalized spacial score (nSPS) is 11.4. The molecule has 0 fully saturated rings. The highest BCUT2D eigenvalue weighted by Gasteiger charge is 2.35. The van der Waals surface area contributed by atoms with Crippen LogP contribution in [0.3, 0.4) is 0 Å². The SMILES string of the molecule is O=C(O)c1cc(NCCSCCCO)ccc1C(F)(F)F. The number of carboxylic acids is 1. The summed E-state index contributed by atoms with van der Waals surface area (Å²) >= 11 is 1.60. The number of nitrogens with one attached hydrogen (secondary N) is 1. The predicted molar refractivity (Wildman–Crippen MR) is 75.9 cm³/mol. The molecule has 0 atom stereocenters. The van der Waals surface area contributed by atoms with Crippen LogP contribution >= 0.6 is 11.8 Å². The summed E-state index contributed by atoms with van der Waals surface area (Å²) in [5.74, 6) is -0.0991. The van der Waals surface area contributed by atoms with Crippen molar-refractivity contribution in [1.29, 1.82) is 0 Å². The number of rotatable bonds is 8. The molecule has 0 spiro atoms. The number of carbonyl (C=O) groups is 1. The number of alkyl halides is 3. The van der Waals surface area contributed by atoms with Crippen molar-refractivity contribution in [3.8, 4) is 0 Å². The summed E-state index contributed by atoms with van der Waals surface area (Å²) < 4.78 is 38.0. The number of halogens is 3.